The zero-order chi connectivity index (χ0) is 30.8. The van der Waals surface area contributed by atoms with Crippen molar-refractivity contribution in [3.63, 3.8) is 0 Å². The van der Waals surface area contributed by atoms with E-state index in [1.807, 2.05) is 53.7 Å². The number of hydrogen-bond acceptors (Lipinski definition) is 6. The van der Waals surface area contributed by atoms with Crippen LogP contribution in [0.25, 0.3) is 0 Å². The molecule has 3 rings (SSSR count). The van der Waals surface area contributed by atoms with Crippen molar-refractivity contribution in [1.82, 2.24) is 4.90 Å². The van der Waals surface area contributed by atoms with Gasteiger partial charge in [0.1, 0.15) is 23.4 Å². The van der Waals surface area contributed by atoms with E-state index in [1.165, 1.54) is 0 Å². The van der Waals surface area contributed by atoms with Gasteiger partial charge in [0, 0.05) is 28.8 Å². The van der Waals surface area contributed by atoms with Gasteiger partial charge >= 0.3 is 12.1 Å². The van der Waals surface area contributed by atoms with Crippen molar-refractivity contribution in [1.29, 1.82) is 5.41 Å². The molecule has 1 aliphatic heterocycles. The van der Waals surface area contributed by atoms with Gasteiger partial charge in [0.15, 0.2) is 5.78 Å². The summed E-state index contributed by atoms with van der Waals surface area (Å²) < 4.78 is 37.4. The van der Waals surface area contributed by atoms with Gasteiger partial charge in [-0.2, -0.15) is 13.2 Å². The van der Waals surface area contributed by atoms with Crippen LogP contribution < -0.4 is 4.74 Å². The van der Waals surface area contributed by atoms with E-state index in [0.29, 0.717) is 17.9 Å². The number of nitrogens with zero attached hydrogens (tertiary/aromatic N) is 1. The topological polar surface area (TPSA) is 131 Å². The maximum absolute atomic E-state index is 13.3. The number of rotatable bonds is 6. The number of halogens is 3. The van der Waals surface area contributed by atoms with Crippen LogP contribution in [-0.2, 0) is 22.2 Å². The van der Waals surface area contributed by atoms with Crippen LogP contribution >= 0.6 is 0 Å². The molecule has 0 fully saturated rings. The summed E-state index contributed by atoms with van der Waals surface area (Å²) >= 11 is 0. The maximum atomic E-state index is 13.3. The van der Waals surface area contributed by atoms with Crippen LogP contribution in [0.15, 0.2) is 30.3 Å². The Morgan fingerprint density at radius 1 is 1.02 bits per heavy atom. The van der Waals surface area contributed by atoms with Crippen LogP contribution in [0.2, 0.25) is 0 Å². The lowest BCUT2D eigenvalue weighted by Gasteiger charge is -2.28. The van der Waals surface area contributed by atoms with Gasteiger partial charge < -0.3 is 25.0 Å². The van der Waals surface area contributed by atoms with Gasteiger partial charge in [-0.05, 0) is 47.6 Å². The van der Waals surface area contributed by atoms with Crippen molar-refractivity contribution in [2.24, 2.45) is 0 Å². The van der Waals surface area contributed by atoms with E-state index in [0.717, 1.165) is 22.3 Å². The molecule has 11 heteroatoms. The third kappa shape index (κ3) is 7.97. The number of phenolic OH excluding ortho intramolecular Hbond substituents is 1. The lowest BCUT2D eigenvalue weighted by atomic mass is 9.78. The molecule has 40 heavy (non-hydrogen) atoms. The molecule has 0 spiro atoms. The third-order valence-corrected chi connectivity index (χ3v) is 6.23. The average molecular weight is 567 g/mol. The third-order valence-electron chi connectivity index (χ3n) is 6.23. The highest BCUT2D eigenvalue weighted by atomic mass is 19.4. The number of amidine groups is 1. The minimum Gasteiger partial charge on any atom is -0.507 e. The van der Waals surface area contributed by atoms with Gasteiger partial charge in [-0.15, -0.1) is 0 Å². The number of Topliss-reactive ketones (excluding diaryl/α,β-unsaturated/α-hetero) is 1. The van der Waals surface area contributed by atoms with Crippen LogP contribution in [0.4, 0.5) is 13.2 Å². The Kier molecular flexibility index (Phi) is 9.68. The summed E-state index contributed by atoms with van der Waals surface area (Å²) in [7, 11) is 0. The van der Waals surface area contributed by atoms with E-state index in [1.54, 1.807) is 30.0 Å². The largest absolute Gasteiger partial charge is 0.507 e. The Bertz CT molecular complexity index is 1240. The van der Waals surface area contributed by atoms with Crippen molar-refractivity contribution >= 4 is 17.6 Å². The van der Waals surface area contributed by atoms with Crippen molar-refractivity contribution in [3.8, 4) is 11.5 Å². The molecule has 220 valence electrons. The standard InChI is InChI=1S/C27H36N2O4.C2HF3O2/c1-16(15-30)33-19-9-8-17-13-29(25(28)20(17)12-19)14-23(31)18-10-21(26(2,3)4)24(32)22(11-18)27(5,6)7;3-2(4,5)1(6)7/h8-12,16,28,30,32H,13-15H2,1-7H3;(H,6,7). The lowest BCUT2D eigenvalue weighted by Crippen LogP contribution is -2.30. The number of carboxylic acid groups (broad SMARTS) is 1. The first kappa shape index (κ1) is 32.6. The molecule has 1 unspecified atom stereocenters. The van der Waals surface area contributed by atoms with Gasteiger partial charge in [0.05, 0.1) is 13.2 Å². The fourth-order valence-electron chi connectivity index (χ4n) is 4.05. The number of alkyl halides is 3. The SMILES string of the molecule is CC(CO)Oc1ccc2c(c1)C(=N)N(CC(=O)c1cc(C(C)(C)C)c(O)c(C(C)(C)C)c1)C2.O=C(O)C(F)(F)F. The molecule has 0 amide bonds. The second-order valence-electron chi connectivity index (χ2n) is 11.8. The minimum absolute atomic E-state index is 0.0781. The number of phenols is 1. The molecule has 0 bridgehead atoms. The fourth-order valence-corrected chi connectivity index (χ4v) is 4.05. The summed E-state index contributed by atoms with van der Waals surface area (Å²) in [5.74, 6) is -1.72. The first-order valence-electron chi connectivity index (χ1n) is 12.6. The number of fused-ring (bicyclic) bond motifs is 1. The highest BCUT2D eigenvalue weighted by Gasteiger charge is 2.38. The number of benzene rings is 2. The number of aromatic hydroxyl groups is 1. The Morgan fingerprint density at radius 2 is 1.52 bits per heavy atom. The molecule has 2 aromatic carbocycles. The van der Waals surface area contributed by atoms with Gasteiger partial charge in [0.2, 0.25) is 0 Å². The molecule has 0 saturated heterocycles. The Morgan fingerprint density at radius 3 is 1.95 bits per heavy atom. The first-order chi connectivity index (χ1) is 18.2. The van der Waals surface area contributed by atoms with Gasteiger partial charge in [-0.1, -0.05) is 47.6 Å². The molecule has 0 aromatic heterocycles. The summed E-state index contributed by atoms with van der Waals surface area (Å²) in [5.41, 5.74) is 3.11. The zero-order valence-electron chi connectivity index (χ0n) is 23.7. The first-order valence-corrected chi connectivity index (χ1v) is 12.6. The molecule has 0 radical (unpaired) electrons. The van der Waals surface area contributed by atoms with E-state index >= 15 is 0 Å². The molecule has 0 aliphatic carbocycles. The highest BCUT2D eigenvalue weighted by molar-refractivity contribution is 6.05. The number of ether oxygens (including phenoxy) is 1. The molecule has 8 nitrogen and oxygen atoms in total. The Balaban J connectivity index is 0.000000708. The summed E-state index contributed by atoms with van der Waals surface area (Å²) in [6.07, 6.45) is -5.42. The number of carbonyl (C=O) groups excluding carboxylic acids is 1. The summed E-state index contributed by atoms with van der Waals surface area (Å²) in [5, 5.41) is 35.9. The molecule has 1 heterocycles. The summed E-state index contributed by atoms with van der Waals surface area (Å²) in [6.45, 7) is 14.4. The Labute approximate surface area is 231 Å². The molecule has 1 atom stereocenters. The number of carbonyl (C=O) groups is 2. The second kappa shape index (κ2) is 11.9. The molecule has 4 N–H and O–H groups in total. The van der Waals surface area contributed by atoms with Gasteiger partial charge in [-0.3, -0.25) is 10.2 Å². The Hall–Kier alpha value is -3.60. The maximum Gasteiger partial charge on any atom is 0.490 e. The zero-order valence-corrected chi connectivity index (χ0v) is 23.7. The van der Waals surface area contributed by atoms with Crippen LogP contribution in [0.3, 0.4) is 0 Å². The van der Waals surface area contributed by atoms with Crippen molar-refractivity contribution in [2.45, 2.75) is 78.1 Å². The van der Waals surface area contributed by atoms with E-state index < -0.39 is 12.1 Å². The van der Waals surface area contributed by atoms with Crippen molar-refractivity contribution in [2.75, 3.05) is 13.2 Å². The fraction of sp³-hybridized carbons (Fsp3) is 0.483. The van der Waals surface area contributed by atoms with Gasteiger partial charge in [0.25, 0.3) is 0 Å². The number of ketones is 1. The number of hydrogen-bond donors (Lipinski definition) is 4. The predicted octanol–water partition coefficient (Wildman–Crippen LogP) is 5.40. The monoisotopic (exact) mass is 566 g/mol. The number of nitrogens with one attached hydrogen (secondary N) is 1. The predicted molar refractivity (Wildman–Crippen MR) is 144 cm³/mol. The minimum atomic E-state index is -5.08. The molecular formula is C29H37F3N2O6. The summed E-state index contributed by atoms with van der Waals surface area (Å²) in [6, 6.07) is 9.12. The number of aliphatic carboxylic acids is 1. The van der Waals surface area contributed by atoms with Crippen LogP contribution in [0.5, 0.6) is 11.5 Å². The quantitative estimate of drug-likeness (QED) is 0.344. The lowest BCUT2D eigenvalue weighted by molar-refractivity contribution is -0.192. The van der Waals surface area contributed by atoms with Crippen molar-refractivity contribution in [3.05, 3.63) is 58.1 Å². The van der Waals surface area contributed by atoms with Gasteiger partial charge in [-0.25, -0.2) is 4.79 Å². The van der Waals surface area contributed by atoms with Crippen LogP contribution in [0.1, 0.15) is 81.1 Å². The normalized spacial score (nSPS) is 14.3. The molecule has 1 aliphatic rings. The van der Waals surface area contributed by atoms with E-state index in [-0.39, 0.29) is 47.5 Å². The average Bonchev–Trinajstić information content (AvgIpc) is 3.11. The number of carboxylic acids is 1. The highest BCUT2D eigenvalue weighted by Crippen LogP contribution is 2.40. The summed E-state index contributed by atoms with van der Waals surface area (Å²) in [4.78, 5) is 24.0. The molecular weight excluding hydrogens is 529 g/mol. The second-order valence-corrected chi connectivity index (χ2v) is 11.8. The van der Waals surface area contributed by atoms with Crippen LogP contribution in [0, 0.1) is 5.41 Å². The number of aliphatic hydroxyl groups excluding tert-OH is 1. The van der Waals surface area contributed by atoms with Crippen LogP contribution in [-0.4, -0.2) is 63.2 Å². The van der Waals surface area contributed by atoms with E-state index in [4.69, 9.17) is 20.0 Å². The van der Waals surface area contributed by atoms with E-state index in [2.05, 4.69) is 0 Å². The molecule has 0 saturated carbocycles. The molecule has 2 aromatic rings. The van der Waals surface area contributed by atoms with Crippen molar-refractivity contribution < 1.29 is 42.8 Å². The number of aliphatic hydroxyl groups is 1. The smallest absolute Gasteiger partial charge is 0.490 e. The van der Waals surface area contributed by atoms with E-state index in [9.17, 15) is 28.2 Å².